The Morgan fingerprint density at radius 3 is 2.12 bits per heavy atom. The topological polar surface area (TPSA) is 80.3 Å². The Morgan fingerprint density at radius 2 is 1.75 bits per heavy atom. The number of sulfonamides is 1. The van der Waals surface area contributed by atoms with Crippen LogP contribution in [0.25, 0.3) is 0 Å². The van der Waals surface area contributed by atoms with Crippen molar-refractivity contribution in [3.8, 4) is 0 Å². The van der Waals surface area contributed by atoms with Crippen LogP contribution >= 0.6 is 10.7 Å². The van der Waals surface area contributed by atoms with Gasteiger partial charge in [0, 0.05) is 16.4 Å². The van der Waals surface area contributed by atoms with E-state index in [0.717, 1.165) is 6.26 Å². The molecule has 1 aromatic carbocycles. The van der Waals surface area contributed by atoms with E-state index in [0.29, 0.717) is 11.3 Å². The fourth-order valence-corrected chi connectivity index (χ4v) is 2.95. The molecule has 0 aliphatic carbocycles. The Bertz CT molecular complexity index is 607. The summed E-state index contributed by atoms with van der Waals surface area (Å²) < 4.78 is 46.3. The van der Waals surface area contributed by atoms with Gasteiger partial charge in [-0.05, 0) is 30.7 Å². The van der Waals surface area contributed by atoms with E-state index in [4.69, 9.17) is 10.7 Å². The summed E-state index contributed by atoms with van der Waals surface area (Å²) in [5, 5.41) is 0. The highest BCUT2D eigenvalue weighted by atomic mass is 35.7. The molecule has 0 heterocycles. The molecule has 0 unspecified atom stereocenters. The van der Waals surface area contributed by atoms with Gasteiger partial charge in [0.1, 0.15) is 0 Å². The van der Waals surface area contributed by atoms with Crippen molar-refractivity contribution < 1.29 is 16.8 Å². The average molecular weight is 284 g/mol. The summed E-state index contributed by atoms with van der Waals surface area (Å²) >= 11 is 0. The third kappa shape index (κ3) is 3.66. The van der Waals surface area contributed by atoms with Crippen LogP contribution in [0, 0.1) is 6.92 Å². The molecule has 0 radical (unpaired) electrons. The first-order valence-electron chi connectivity index (χ1n) is 4.13. The van der Waals surface area contributed by atoms with Gasteiger partial charge in [0.25, 0.3) is 9.05 Å². The zero-order valence-electron chi connectivity index (χ0n) is 8.56. The van der Waals surface area contributed by atoms with Crippen LogP contribution in [0.3, 0.4) is 0 Å². The highest BCUT2D eigenvalue weighted by molar-refractivity contribution is 8.13. The van der Waals surface area contributed by atoms with E-state index in [2.05, 4.69) is 4.72 Å². The Labute approximate surface area is 98.9 Å². The van der Waals surface area contributed by atoms with Gasteiger partial charge >= 0.3 is 0 Å². The molecule has 0 saturated carbocycles. The van der Waals surface area contributed by atoms with Gasteiger partial charge in [-0.2, -0.15) is 0 Å². The van der Waals surface area contributed by atoms with Gasteiger partial charge in [-0.15, -0.1) is 0 Å². The van der Waals surface area contributed by atoms with Crippen LogP contribution in [-0.2, 0) is 19.1 Å². The number of anilines is 1. The standard InChI is InChI=1S/C8H10ClNO4S2/c1-6-5-7(10-15(2,11)12)3-4-8(6)16(9,13)14/h3-5,10H,1-2H3. The molecule has 0 aliphatic rings. The lowest BCUT2D eigenvalue weighted by atomic mass is 10.2. The largest absolute Gasteiger partial charge is 0.284 e. The first kappa shape index (κ1) is 13.3. The second-order valence-electron chi connectivity index (χ2n) is 3.29. The molecule has 0 atom stereocenters. The van der Waals surface area contributed by atoms with E-state index in [1.54, 1.807) is 0 Å². The predicted molar refractivity (Wildman–Crippen MR) is 62.7 cm³/mol. The van der Waals surface area contributed by atoms with Crippen molar-refractivity contribution in [1.29, 1.82) is 0 Å². The van der Waals surface area contributed by atoms with E-state index >= 15 is 0 Å². The molecule has 8 heteroatoms. The van der Waals surface area contributed by atoms with Crippen LogP contribution in [0.1, 0.15) is 5.56 Å². The van der Waals surface area contributed by atoms with Gasteiger partial charge in [-0.1, -0.05) is 0 Å². The second kappa shape index (κ2) is 4.23. The summed E-state index contributed by atoms with van der Waals surface area (Å²) in [6, 6.07) is 3.99. The molecule has 16 heavy (non-hydrogen) atoms. The van der Waals surface area contributed by atoms with Gasteiger partial charge in [-0.3, -0.25) is 4.72 Å². The lowest BCUT2D eigenvalue weighted by molar-refractivity contribution is 0.606. The summed E-state index contributed by atoms with van der Waals surface area (Å²) in [6.45, 7) is 1.53. The first-order valence-corrected chi connectivity index (χ1v) is 8.33. The van der Waals surface area contributed by atoms with Gasteiger partial charge in [0.2, 0.25) is 10.0 Å². The maximum atomic E-state index is 11.1. The summed E-state index contributed by atoms with van der Waals surface area (Å²) in [5.74, 6) is 0. The third-order valence-corrected chi connectivity index (χ3v) is 3.83. The first-order chi connectivity index (χ1) is 7.09. The van der Waals surface area contributed by atoms with Gasteiger partial charge < -0.3 is 0 Å². The van der Waals surface area contributed by atoms with Crippen molar-refractivity contribution in [2.45, 2.75) is 11.8 Å². The number of benzene rings is 1. The van der Waals surface area contributed by atoms with Crippen molar-refractivity contribution in [1.82, 2.24) is 0 Å². The number of halogens is 1. The van der Waals surface area contributed by atoms with Crippen molar-refractivity contribution in [2.75, 3.05) is 11.0 Å². The number of rotatable bonds is 3. The molecule has 1 aromatic rings. The zero-order valence-corrected chi connectivity index (χ0v) is 10.9. The highest BCUT2D eigenvalue weighted by Crippen LogP contribution is 2.22. The highest BCUT2D eigenvalue weighted by Gasteiger charge is 2.14. The molecule has 1 N–H and O–H groups in total. The Morgan fingerprint density at radius 1 is 1.19 bits per heavy atom. The van der Waals surface area contributed by atoms with Crippen LogP contribution in [-0.4, -0.2) is 23.1 Å². The summed E-state index contributed by atoms with van der Waals surface area (Å²) in [7, 11) is -1.99. The van der Waals surface area contributed by atoms with Crippen molar-refractivity contribution in [3.05, 3.63) is 23.8 Å². The molecular formula is C8H10ClNO4S2. The SMILES string of the molecule is Cc1cc(NS(C)(=O)=O)ccc1S(=O)(=O)Cl. The summed E-state index contributed by atoms with van der Waals surface area (Å²) in [6.07, 6.45) is 1.01. The van der Waals surface area contributed by atoms with Gasteiger partial charge in [0.05, 0.1) is 11.2 Å². The average Bonchev–Trinajstić information content (AvgIpc) is 1.97. The van der Waals surface area contributed by atoms with Crippen molar-refractivity contribution >= 4 is 35.4 Å². The van der Waals surface area contributed by atoms with Gasteiger partial charge in [-0.25, -0.2) is 16.8 Å². The second-order valence-corrected chi connectivity index (χ2v) is 7.58. The van der Waals surface area contributed by atoms with E-state index in [-0.39, 0.29) is 4.90 Å². The Balaban J connectivity index is 3.20. The molecule has 0 amide bonds. The molecule has 0 aromatic heterocycles. The normalized spacial score (nSPS) is 12.4. The number of nitrogens with one attached hydrogen (secondary N) is 1. The van der Waals surface area contributed by atoms with E-state index in [1.165, 1.54) is 25.1 Å². The van der Waals surface area contributed by atoms with Crippen LogP contribution < -0.4 is 4.72 Å². The van der Waals surface area contributed by atoms with Crippen LogP contribution in [0.2, 0.25) is 0 Å². The van der Waals surface area contributed by atoms with E-state index in [1.807, 2.05) is 0 Å². The smallest absolute Gasteiger partial charge is 0.261 e. The van der Waals surface area contributed by atoms with Gasteiger partial charge in [0.15, 0.2) is 0 Å². The number of hydrogen-bond donors (Lipinski definition) is 1. The molecule has 0 aliphatic heterocycles. The molecule has 0 bridgehead atoms. The lowest BCUT2D eigenvalue weighted by Gasteiger charge is -2.07. The maximum Gasteiger partial charge on any atom is 0.261 e. The molecule has 0 saturated heterocycles. The van der Waals surface area contributed by atoms with Crippen LogP contribution in [0.15, 0.2) is 23.1 Å². The quantitative estimate of drug-likeness (QED) is 0.848. The van der Waals surface area contributed by atoms with E-state index in [9.17, 15) is 16.8 Å². The fraction of sp³-hybridized carbons (Fsp3) is 0.250. The number of hydrogen-bond acceptors (Lipinski definition) is 4. The van der Waals surface area contributed by atoms with E-state index < -0.39 is 19.1 Å². The molecule has 5 nitrogen and oxygen atoms in total. The molecule has 0 fully saturated rings. The minimum absolute atomic E-state index is 0.0341. The summed E-state index contributed by atoms with van der Waals surface area (Å²) in [5.41, 5.74) is 0.674. The minimum Gasteiger partial charge on any atom is -0.284 e. The third-order valence-electron chi connectivity index (χ3n) is 1.74. The lowest BCUT2D eigenvalue weighted by Crippen LogP contribution is -2.09. The molecular weight excluding hydrogens is 274 g/mol. The Hall–Kier alpha value is -0.790. The summed E-state index contributed by atoms with van der Waals surface area (Å²) in [4.78, 5) is -0.0341. The zero-order chi connectivity index (χ0) is 12.6. The fourth-order valence-electron chi connectivity index (χ4n) is 1.20. The minimum atomic E-state index is -3.80. The predicted octanol–water partition coefficient (Wildman–Crippen LogP) is 1.29. The van der Waals surface area contributed by atoms with Crippen LogP contribution in [0.5, 0.6) is 0 Å². The molecule has 1 rings (SSSR count). The Kier molecular flexibility index (Phi) is 3.51. The monoisotopic (exact) mass is 283 g/mol. The van der Waals surface area contributed by atoms with Crippen molar-refractivity contribution in [2.24, 2.45) is 0 Å². The molecule has 0 spiro atoms. The van der Waals surface area contributed by atoms with Crippen LogP contribution in [0.4, 0.5) is 5.69 Å². The maximum absolute atomic E-state index is 11.1. The van der Waals surface area contributed by atoms with Crippen molar-refractivity contribution in [3.63, 3.8) is 0 Å². The molecule has 90 valence electrons. The number of aryl methyl sites for hydroxylation is 1.